The van der Waals surface area contributed by atoms with E-state index in [1.807, 2.05) is 0 Å². The second-order valence-electron chi connectivity index (χ2n) is 3.52. The van der Waals surface area contributed by atoms with Crippen molar-refractivity contribution in [3.8, 4) is 0 Å². The molecule has 0 heterocycles. The standard InChI is InChI=1S/C10H12Cl2FNO4S/c11-7-1-2-8(9(12)10(7)13)19(17,18)14(3-5-15)4-6-16/h1-2,15-16H,3-6H2. The molecular formula is C10H12Cl2FNO4S. The number of aliphatic hydroxyl groups is 2. The molecule has 0 bridgehead atoms. The first-order valence-electron chi connectivity index (χ1n) is 5.21. The van der Waals surface area contributed by atoms with Crippen LogP contribution >= 0.6 is 23.2 Å². The van der Waals surface area contributed by atoms with Crippen molar-refractivity contribution in [3.63, 3.8) is 0 Å². The van der Waals surface area contributed by atoms with Crippen LogP contribution in [0.2, 0.25) is 10.0 Å². The van der Waals surface area contributed by atoms with Crippen LogP contribution in [0.1, 0.15) is 0 Å². The van der Waals surface area contributed by atoms with Gasteiger partial charge in [0.2, 0.25) is 10.0 Å². The van der Waals surface area contributed by atoms with Gasteiger partial charge in [-0.15, -0.1) is 0 Å². The molecule has 108 valence electrons. The van der Waals surface area contributed by atoms with E-state index in [1.54, 1.807) is 0 Å². The maximum atomic E-state index is 13.5. The Morgan fingerprint density at radius 1 is 1.16 bits per heavy atom. The highest BCUT2D eigenvalue weighted by atomic mass is 35.5. The fourth-order valence-electron chi connectivity index (χ4n) is 1.42. The van der Waals surface area contributed by atoms with Crippen LogP contribution in [0.4, 0.5) is 4.39 Å². The Morgan fingerprint density at radius 3 is 2.16 bits per heavy atom. The number of hydrogen-bond donors (Lipinski definition) is 2. The number of sulfonamides is 1. The van der Waals surface area contributed by atoms with Gasteiger partial charge < -0.3 is 10.2 Å². The van der Waals surface area contributed by atoms with E-state index < -0.39 is 39.0 Å². The van der Waals surface area contributed by atoms with Crippen LogP contribution in [-0.4, -0.2) is 49.2 Å². The Hall–Kier alpha value is -0.440. The van der Waals surface area contributed by atoms with Crippen molar-refractivity contribution in [3.05, 3.63) is 28.0 Å². The molecule has 0 aliphatic carbocycles. The lowest BCUT2D eigenvalue weighted by atomic mass is 10.3. The molecule has 2 N–H and O–H groups in total. The van der Waals surface area contributed by atoms with Crippen LogP contribution in [0.15, 0.2) is 17.0 Å². The minimum absolute atomic E-state index is 0.233. The summed E-state index contributed by atoms with van der Waals surface area (Å²) in [5.74, 6) is -1.03. The Balaban J connectivity index is 3.29. The molecule has 0 fully saturated rings. The van der Waals surface area contributed by atoms with E-state index in [0.29, 0.717) is 0 Å². The second kappa shape index (κ2) is 6.83. The number of nitrogens with zero attached hydrogens (tertiary/aromatic N) is 1. The second-order valence-corrected chi connectivity index (χ2v) is 6.22. The van der Waals surface area contributed by atoms with Crippen LogP contribution in [0.5, 0.6) is 0 Å². The molecule has 0 radical (unpaired) electrons. The normalized spacial score (nSPS) is 12.1. The summed E-state index contributed by atoms with van der Waals surface area (Å²) in [5.41, 5.74) is 0. The van der Waals surface area contributed by atoms with E-state index in [4.69, 9.17) is 33.4 Å². The first-order chi connectivity index (χ1) is 8.86. The van der Waals surface area contributed by atoms with E-state index in [0.717, 1.165) is 16.4 Å². The lowest BCUT2D eigenvalue weighted by Gasteiger charge is -2.21. The summed E-state index contributed by atoms with van der Waals surface area (Å²) in [5, 5.41) is 16.7. The Labute approximate surface area is 120 Å². The van der Waals surface area contributed by atoms with Gasteiger partial charge in [0.1, 0.15) is 4.90 Å². The Kier molecular flexibility index (Phi) is 5.97. The largest absolute Gasteiger partial charge is 0.395 e. The van der Waals surface area contributed by atoms with Crippen LogP contribution in [-0.2, 0) is 10.0 Å². The van der Waals surface area contributed by atoms with E-state index >= 15 is 0 Å². The number of aliphatic hydroxyl groups excluding tert-OH is 2. The van der Waals surface area contributed by atoms with Gasteiger partial charge in [0.15, 0.2) is 5.82 Å². The van der Waals surface area contributed by atoms with E-state index in [9.17, 15) is 12.8 Å². The molecule has 0 saturated carbocycles. The fraction of sp³-hybridized carbons (Fsp3) is 0.400. The zero-order valence-electron chi connectivity index (χ0n) is 9.68. The fourth-order valence-corrected chi connectivity index (χ4v) is 3.56. The van der Waals surface area contributed by atoms with Gasteiger partial charge in [-0.2, -0.15) is 4.31 Å². The van der Waals surface area contributed by atoms with Crippen LogP contribution < -0.4 is 0 Å². The molecule has 1 aromatic rings. The first-order valence-corrected chi connectivity index (χ1v) is 7.41. The lowest BCUT2D eigenvalue weighted by molar-refractivity contribution is 0.217. The van der Waals surface area contributed by atoms with E-state index in [2.05, 4.69) is 0 Å². The van der Waals surface area contributed by atoms with Crippen LogP contribution in [0.3, 0.4) is 0 Å². The Bertz CT molecular complexity index is 547. The predicted octanol–water partition coefficient (Wildman–Crippen LogP) is 1.11. The third-order valence-corrected chi connectivity index (χ3v) is 5.03. The number of benzene rings is 1. The molecule has 1 aromatic carbocycles. The number of rotatable bonds is 6. The molecule has 9 heteroatoms. The molecule has 0 aliphatic rings. The number of hydrogen-bond acceptors (Lipinski definition) is 4. The van der Waals surface area contributed by atoms with Crippen LogP contribution in [0, 0.1) is 5.82 Å². The summed E-state index contributed by atoms with van der Waals surface area (Å²) in [6.45, 7) is -1.34. The summed E-state index contributed by atoms with van der Waals surface area (Å²) in [6.07, 6.45) is 0. The maximum Gasteiger partial charge on any atom is 0.244 e. The average Bonchev–Trinajstić information content (AvgIpc) is 2.35. The molecule has 1 rings (SSSR count). The molecule has 0 atom stereocenters. The molecule has 5 nitrogen and oxygen atoms in total. The minimum atomic E-state index is -4.11. The maximum absolute atomic E-state index is 13.5. The summed E-state index contributed by atoms with van der Waals surface area (Å²) in [4.78, 5) is -0.460. The van der Waals surface area contributed by atoms with Crippen molar-refractivity contribution in [2.24, 2.45) is 0 Å². The van der Waals surface area contributed by atoms with Gasteiger partial charge in [-0.25, -0.2) is 12.8 Å². The van der Waals surface area contributed by atoms with Crippen LogP contribution in [0.25, 0.3) is 0 Å². The van der Waals surface area contributed by atoms with E-state index in [-0.39, 0.29) is 18.1 Å². The molecule has 0 spiro atoms. The van der Waals surface area contributed by atoms with Crippen molar-refractivity contribution in [2.75, 3.05) is 26.3 Å². The van der Waals surface area contributed by atoms with Crippen molar-refractivity contribution in [2.45, 2.75) is 4.90 Å². The van der Waals surface area contributed by atoms with Gasteiger partial charge in [0.05, 0.1) is 23.3 Å². The van der Waals surface area contributed by atoms with E-state index in [1.165, 1.54) is 0 Å². The van der Waals surface area contributed by atoms with Gasteiger partial charge in [0.25, 0.3) is 0 Å². The predicted molar refractivity (Wildman–Crippen MR) is 69.4 cm³/mol. The average molecular weight is 332 g/mol. The van der Waals surface area contributed by atoms with Crippen molar-refractivity contribution in [1.82, 2.24) is 4.31 Å². The summed E-state index contributed by atoms with van der Waals surface area (Å²) in [7, 11) is -4.11. The molecule has 0 saturated heterocycles. The summed E-state index contributed by atoms with van der Waals surface area (Å²) in [6, 6.07) is 2.15. The van der Waals surface area contributed by atoms with Gasteiger partial charge >= 0.3 is 0 Å². The smallest absolute Gasteiger partial charge is 0.244 e. The third-order valence-electron chi connectivity index (χ3n) is 2.32. The van der Waals surface area contributed by atoms with Crippen molar-refractivity contribution in [1.29, 1.82) is 0 Å². The molecule has 0 amide bonds. The zero-order chi connectivity index (χ0) is 14.6. The first kappa shape index (κ1) is 16.6. The lowest BCUT2D eigenvalue weighted by Crippen LogP contribution is -2.36. The van der Waals surface area contributed by atoms with Gasteiger partial charge in [-0.05, 0) is 12.1 Å². The monoisotopic (exact) mass is 331 g/mol. The molecule has 19 heavy (non-hydrogen) atoms. The van der Waals surface area contributed by atoms with Gasteiger partial charge in [-0.1, -0.05) is 23.2 Å². The SMILES string of the molecule is O=S(=O)(c1ccc(Cl)c(F)c1Cl)N(CCO)CCO. The molecule has 0 unspecified atom stereocenters. The molecule has 0 aliphatic heterocycles. The van der Waals surface area contributed by atoms with Gasteiger partial charge in [-0.3, -0.25) is 0 Å². The summed E-state index contributed by atoms with van der Waals surface area (Å²) >= 11 is 11.1. The molecular weight excluding hydrogens is 320 g/mol. The van der Waals surface area contributed by atoms with Crippen molar-refractivity contribution >= 4 is 33.2 Å². The Morgan fingerprint density at radius 2 is 1.68 bits per heavy atom. The summed E-state index contributed by atoms with van der Waals surface area (Å²) < 4.78 is 38.7. The topological polar surface area (TPSA) is 77.8 Å². The zero-order valence-corrected chi connectivity index (χ0v) is 12.0. The van der Waals surface area contributed by atoms with Crippen molar-refractivity contribution < 1.29 is 23.0 Å². The minimum Gasteiger partial charge on any atom is -0.395 e. The third kappa shape index (κ3) is 3.56. The molecule has 0 aromatic heterocycles. The highest BCUT2D eigenvalue weighted by Crippen LogP contribution is 2.31. The highest BCUT2D eigenvalue weighted by Gasteiger charge is 2.28. The highest BCUT2D eigenvalue weighted by molar-refractivity contribution is 7.89. The number of halogens is 3. The quantitative estimate of drug-likeness (QED) is 0.765. The van der Waals surface area contributed by atoms with Gasteiger partial charge in [0, 0.05) is 13.1 Å².